The van der Waals surface area contributed by atoms with Gasteiger partial charge in [0.25, 0.3) is 0 Å². The third-order valence-corrected chi connectivity index (χ3v) is 2.78. The van der Waals surface area contributed by atoms with Crippen LogP contribution >= 0.6 is 24.0 Å². The maximum Gasteiger partial charge on any atom is 0.407 e. The number of alkyl carbamates (subject to hydrolysis) is 1. The van der Waals surface area contributed by atoms with E-state index in [2.05, 4.69) is 25.9 Å². The molecule has 0 fully saturated rings. The second kappa shape index (κ2) is 11.7. The SMILES string of the molecule is CN=C(NCCNC(=O)OC(C)(C)C)NCc1ccnc(OC)c1.I. The van der Waals surface area contributed by atoms with Crippen LogP contribution in [0.15, 0.2) is 23.3 Å². The highest BCUT2D eigenvalue weighted by Gasteiger charge is 2.15. The van der Waals surface area contributed by atoms with Crippen molar-refractivity contribution in [3.63, 3.8) is 0 Å². The van der Waals surface area contributed by atoms with Crippen LogP contribution in [0.2, 0.25) is 0 Å². The van der Waals surface area contributed by atoms with Crippen molar-refractivity contribution in [1.82, 2.24) is 20.9 Å². The second-order valence-electron chi connectivity index (χ2n) is 5.99. The van der Waals surface area contributed by atoms with Crippen LogP contribution in [-0.4, -0.2) is 49.9 Å². The molecule has 25 heavy (non-hydrogen) atoms. The van der Waals surface area contributed by atoms with E-state index in [4.69, 9.17) is 9.47 Å². The highest BCUT2D eigenvalue weighted by molar-refractivity contribution is 14.0. The van der Waals surface area contributed by atoms with Gasteiger partial charge in [0, 0.05) is 38.9 Å². The molecule has 0 unspecified atom stereocenters. The average Bonchev–Trinajstić information content (AvgIpc) is 2.52. The average molecular weight is 465 g/mol. The molecule has 0 saturated carbocycles. The summed E-state index contributed by atoms with van der Waals surface area (Å²) in [6, 6.07) is 3.75. The highest BCUT2D eigenvalue weighted by atomic mass is 127. The minimum absolute atomic E-state index is 0. The number of hydrogen-bond donors (Lipinski definition) is 3. The maximum atomic E-state index is 11.5. The zero-order valence-corrected chi connectivity index (χ0v) is 17.7. The summed E-state index contributed by atoms with van der Waals surface area (Å²) in [6.45, 7) is 7.01. The molecular formula is C16H28IN5O3. The van der Waals surface area contributed by atoms with Gasteiger partial charge in [-0.2, -0.15) is 0 Å². The van der Waals surface area contributed by atoms with Crippen LogP contribution in [0.3, 0.4) is 0 Å². The molecular weight excluding hydrogens is 437 g/mol. The molecule has 9 heteroatoms. The van der Waals surface area contributed by atoms with E-state index in [1.165, 1.54) is 0 Å². The van der Waals surface area contributed by atoms with Gasteiger partial charge in [0.15, 0.2) is 5.96 Å². The van der Waals surface area contributed by atoms with E-state index in [1.54, 1.807) is 20.4 Å². The van der Waals surface area contributed by atoms with Crippen LogP contribution < -0.4 is 20.7 Å². The van der Waals surface area contributed by atoms with Crippen molar-refractivity contribution in [2.45, 2.75) is 32.9 Å². The van der Waals surface area contributed by atoms with Crippen LogP contribution in [0.5, 0.6) is 5.88 Å². The zero-order chi connectivity index (χ0) is 18.0. The number of amides is 1. The summed E-state index contributed by atoms with van der Waals surface area (Å²) in [7, 11) is 3.27. The number of guanidine groups is 1. The molecule has 0 aromatic carbocycles. The molecule has 0 saturated heterocycles. The Kier molecular flexibility index (Phi) is 10.9. The largest absolute Gasteiger partial charge is 0.481 e. The molecule has 0 radical (unpaired) electrons. The predicted molar refractivity (Wildman–Crippen MR) is 109 cm³/mol. The Morgan fingerprint density at radius 2 is 1.92 bits per heavy atom. The van der Waals surface area contributed by atoms with E-state index >= 15 is 0 Å². The van der Waals surface area contributed by atoms with E-state index in [0.717, 1.165) is 5.56 Å². The van der Waals surface area contributed by atoms with Gasteiger partial charge < -0.3 is 25.4 Å². The van der Waals surface area contributed by atoms with Crippen molar-refractivity contribution in [3.8, 4) is 5.88 Å². The molecule has 1 aromatic rings. The number of aliphatic imine (C=N–C) groups is 1. The van der Waals surface area contributed by atoms with Crippen LogP contribution in [0, 0.1) is 0 Å². The number of carbonyl (C=O) groups is 1. The number of ether oxygens (including phenoxy) is 2. The van der Waals surface area contributed by atoms with Crippen molar-refractivity contribution >= 4 is 36.0 Å². The minimum Gasteiger partial charge on any atom is -0.481 e. The topological polar surface area (TPSA) is 96.9 Å². The fourth-order valence-electron chi connectivity index (χ4n) is 1.74. The van der Waals surface area contributed by atoms with Crippen molar-refractivity contribution in [2.24, 2.45) is 4.99 Å². The number of hydrogen-bond acceptors (Lipinski definition) is 5. The standard InChI is InChI=1S/C16H27N5O3.HI/c1-16(2,3)24-15(22)20-9-8-19-14(17-4)21-11-12-6-7-18-13(10-12)23-5;/h6-7,10H,8-9,11H2,1-5H3,(H,20,22)(H2,17,19,21);1H. The Morgan fingerprint density at radius 1 is 1.24 bits per heavy atom. The number of pyridine rings is 1. The van der Waals surface area contributed by atoms with E-state index in [9.17, 15) is 4.79 Å². The molecule has 1 rings (SSSR count). The molecule has 0 bridgehead atoms. The fraction of sp³-hybridized carbons (Fsp3) is 0.562. The fourth-order valence-corrected chi connectivity index (χ4v) is 1.74. The summed E-state index contributed by atoms with van der Waals surface area (Å²) in [4.78, 5) is 19.7. The van der Waals surface area contributed by atoms with Gasteiger partial charge in [0.2, 0.25) is 5.88 Å². The number of nitrogens with one attached hydrogen (secondary N) is 3. The molecule has 0 atom stereocenters. The van der Waals surface area contributed by atoms with Gasteiger partial charge >= 0.3 is 6.09 Å². The first kappa shape index (κ1) is 23.2. The number of methoxy groups -OCH3 is 1. The van der Waals surface area contributed by atoms with Gasteiger partial charge in [0.05, 0.1) is 7.11 Å². The van der Waals surface area contributed by atoms with Gasteiger partial charge in [-0.05, 0) is 32.4 Å². The molecule has 3 N–H and O–H groups in total. The number of rotatable bonds is 6. The third kappa shape index (κ3) is 10.6. The molecule has 142 valence electrons. The predicted octanol–water partition coefficient (Wildman–Crippen LogP) is 1.90. The Morgan fingerprint density at radius 3 is 2.52 bits per heavy atom. The zero-order valence-electron chi connectivity index (χ0n) is 15.4. The lowest BCUT2D eigenvalue weighted by molar-refractivity contribution is 0.0529. The maximum absolute atomic E-state index is 11.5. The molecule has 1 aromatic heterocycles. The van der Waals surface area contributed by atoms with Crippen molar-refractivity contribution in [3.05, 3.63) is 23.9 Å². The molecule has 0 aliphatic heterocycles. The van der Waals surface area contributed by atoms with Gasteiger partial charge in [0.1, 0.15) is 5.60 Å². The molecule has 8 nitrogen and oxygen atoms in total. The van der Waals surface area contributed by atoms with E-state index in [-0.39, 0.29) is 24.0 Å². The molecule has 0 aliphatic carbocycles. The highest BCUT2D eigenvalue weighted by Crippen LogP contribution is 2.08. The Labute approximate surface area is 166 Å². The van der Waals surface area contributed by atoms with Gasteiger partial charge in [-0.15, -0.1) is 24.0 Å². The summed E-state index contributed by atoms with van der Waals surface area (Å²) in [6.07, 6.45) is 1.26. The summed E-state index contributed by atoms with van der Waals surface area (Å²) in [5.74, 6) is 1.20. The quantitative estimate of drug-likeness (QED) is 0.257. The first-order chi connectivity index (χ1) is 11.3. The summed E-state index contributed by atoms with van der Waals surface area (Å²) in [5, 5.41) is 8.96. The Bertz CT molecular complexity index is 561. The molecule has 0 spiro atoms. The first-order valence-corrected chi connectivity index (χ1v) is 7.74. The number of aromatic nitrogens is 1. The monoisotopic (exact) mass is 465 g/mol. The molecule has 1 heterocycles. The van der Waals surface area contributed by atoms with Gasteiger partial charge in [-0.1, -0.05) is 0 Å². The lowest BCUT2D eigenvalue weighted by Crippen LogP contribution is -2.42. The van der Waals surface area contributed by atoms with E-state index < -0.39 is 11.7 Å². The van der Waals surface area contributed by atoms with Crippen molar-refractivity contribution in [2.75, 3.05) is 27.2 Å². The summed E-state index contributed by atoms with van der Waals surface area (Å²) >= 11 is 0. The van der Waals surface area contributed by atoms with Gasteiger partial charge in [-0.3, -0.25) is 4.99 Å². The van der Waals surface area contributed by atoms with Crippen LogP contribution in [0.25, 0.3) is 0 Å². The Hall–Kier alpha value is -1.78. The van der Waals surface area contributed by atoms with Crippen molar-refractivity contribution in [1.29, 1.82) is 0 Å². The number of nitrogens with zero attached hydrogens (tertiary/aromatic N) is 2. The molecule has 1 amide bonds. The van der Waals surface area contributed by atoms with Crippen LogP contribution in [-0.2, 0) is 11.3 Å². The van der Waals surface area contributed by atoms with Crippen LogP contribution in [0.1, 0.15) is 26.3 Å². The lowest BCUT2D eigenvalue weighted by atomic mass is 10.2. The second-order valence-corrected chi connectivity index (χ2v) is 5.99. The summed E-state index contributed by atoms with van der Waals surface area (Å²) in [5.41, 5.74) is 0.525. The van der Waals surface area contributed by atoms with E-state index in [1.807, 2.05) is 32.9 Å². The Balaban J connectivity index is 0.00000576. The van der Waals surface area contributed by atoms with Crippen LogP contribution in [0.4, 0.5) is 4.79 Å². The summed E-state index contributed by atoms with van der Waals surface area (Å²) < 4.78 is 10.2. The van der Waals surface area contributed by atoms with Gasteiger partial charge in [-0.25, -0.2) is 9.78 Å². The molecule has 0 aliphatic rings. The van der Waals surface area contributed by atoms with Crippen molar-refractivity contribution < 1.29 is 14.3 Å². The third-order valence-electron chi connectivity index (χ3n) is 2.78. The normalized spacial score (nSPS) is 11.2. The number of halogens is 1. The smallest absolute Gasteiger partial charge is 0.407 e. The van der Waals surface area contributed by atoms with E-state index in [0.29, 0.717) is 31.5 Å². The first-order valence-electron chi connectivity index (χ1n) is 7.74. The minimum atomic E-state index is -0.499. The lowest BCUT2D eigenvalue weighted by Gasteiger charge is -2.20. The number of carbonyl (C=O) groups excluding carboxylic acids is 1.